The van der Waals surface area contributed by atoms with E-state index in [0.717, 1.165) is 42.9 Å². The maximum Gasteiger partial charge on any atom is 0.326 e. The molecule has 1 saturated carbocycles. The van der Waals surface area contributed by atoms with E-state index in [2.05, 4.69) is 10.2 Å². The zero-order valence-electron chi connectivity index (χ0n) is 18.4. The van der Waals surface area contributed by atoms with Gasteiger partial charge in [-0.1, -0.05) is 41.0 Å². The highest BCUT2D eigenvalue weighted by molar-refractivity contribution is 7.99. The van der Waals surface area contributed by atoms with E-state index in [1.54, 1.807) is 18.2 Å². The lowest BCUT2D eigenvalue weighted by Crippen LogP contribution is -2.42. The average molecular weight is 533 g/mol. The molecule has 3 aliphatic rings. The summed E-state index contributed by atoms with van der Waals surface area (Å²) in [4.78, 5) is 22.0. The molecule has 2 unspecified atom stereocenters. The molecule has 0 radical (unpaired) electrons. The lowest BCUT2D eigenvalue weighted by molar-refractivity contribution is 0.246. The number of nitrogens with zero attached hydrogens (tertiary/aromatic N) is 3. The second-order valence-electron chi connectivity index (χ2n) is 9.00. The van der Waals surface area contributed by atoms with Crippen LogP contribution in [-0.2, 0) is 6.54 Å². The van der Waals surface area contributed by atoms with Crippen LogP contribution in [0.3, 0.4) is 0 Å². The quantitative estimate of drug-likeness (QED) is 0.387. The van der Waals surface area contributed by atoms with Crippen molar-refractivity contribution in [2.75, 3.05) is 16.3 Å². The van der Waals surface area contributed by atoms with Crippen LogP contribution in [-0.4, -0.2) is 23.6 Å². The molecule has 2 aliphatic heterocycles. The fourth-order valence-electron chi connectivity index (χ4n) is 5.27. The van der Waals surface area contributed by atoms with Crippen LogP contribution in [0.1, 0.15) is 25.0 Å². The maximum atomic E-state index is 14.6. The van der Waals surface area contributed by atoms with Crippen LogP contribution in [0.5, 0.6) is 0 Å². The van der Waals surface area contributed by atoms with E-state index in [1.165, 1.54) is 23.5 Å². The van der Waals surface area contributed by atoms with Gasteiger partial charge in [-0.2, -0.15) is 0 Å². The Bertz CT molecular complexity index is 1340. The Morgan fingerprint density at radius 1 is 1.06 bits per heavy atom. The zero-order chi connectivity index (χ0) is 24.3. The Balaban J connectivity index is 1.50. The first-order valence-corrected chi connectivity index (χ1v) is 12.9. The number of urea groups is 1. The van der Waals surface area contributed by atoms with Crippen molar-refractivity contribution in [2.24, 2.45) is 5.92 Å². The summed E-state index contributed by atoms with van der Waals surface area (Å²) in [5.74, 6) is -0.660. The number of halogens is 4. The van der Waals surface area contributed by atoms with E-state index in [4.69, 9.17) is 28.2 Å². The molecule has 2 bridgehead atoms. The first-order chi connectivity index (χ1) is 16.9. The van der Waals surface area contributed by atoms with Crippen molar-refractivity contribution in [2.45, 2.75) is 41.8 Å². The number of fused-ring (bicyclic) bond motifs is 3. The number of para-hydroxylation sites is 1. The van der Waals surface area contributed by atoms with Crippen LogP contribution in [0.15, 0.2) is 52.4 Å². The number of carbonyl (C=O) groups is 1. The number of pyridine rings is 1. The van der Waals surface area contributed by atoms with Gasteiger partial charge in [0.05, 0.1) is 39.3 Å². The third-order valence-corrected chi connectivity index (χ3v) is 8.51. The molecule has 3 heterocycles. The van der Waals surface area contributed by atoms with Gasteiger partial charge in [-0.05, 0) is 55.5 Å². The third kappa shape index (κ3) is 4.01. The number of hydrogen-bond donors (Lipinski definition) is 1. The summed E-state index contributed by atoms with van der Waals surface area (Å²) < 4.78 is 28.1. The summed E-state index contributed by atoms with van der Waals surface area (Å²) in [7, 11) is 0. The SMILES string of the molecule is O=C1NCc2nc(Sc3ccc(F)cc3F)c(N3CC4CCC3C4)cc2N1c1c(Cl)cccc1Cl. The van der Waals surface area contributed by atoms with E-state index in [9.17, 15) is 13.6 Å². The predicted molar refractivity (Wildman–Crippen MR) is 134 cm³/mol. The van der Waals surface area contributed by atoms with Gasteiger partial charge in [0.1, 0.15) is 16.7 Å². The van der Waals surface area contributed by atoms with Crippen molar-refractivity contribution in [1.29, 1.82) is 0 Å². The molecule has 180 valence electrons. The first-order valence-electron chi connectivity index (χ1n) is 11.3. The second kappa shape index (κ2) is 8.84. The normalized spacial score (nSPS) is 20.9. The summed E-state index contributed by atoms with van der Waals surface area (Å²) in [6.45, 7) is 1.09. The molecule has 1 aromatic heterocycles. The molecule has 1 aliphatic carbocycles. The van der Waals surface area contributed by atoms with Gasteiger partial charge in [-0.3, -0.25) is 4.90 Å². The molecule has 0 spiro atoms. The standard InChI is InChI=1S/C25H20Cl2F2N4OS/c26-16-2-1-3-17(27)23(16)33-20-10-21(32-12-13-4-6-15(32)8-13)24(31-19(20)11-30-25(33)34)35-22-7-5-14(28)9-18(22)29/h1-3,5,7,9-10,13,15H,4,6,8,11-12H2,(H,30,34). The molecular weight excluding hydrogens is 513 g/mol. The molecule has 35 heavy (non-hydrogen) atoms. The van der Waals surface area contributed by atoms with Gasteiger partial charge in [0, 0.05) is 23.5 Å². The predicted octanol–water partition coefficient (Wildman–Crippen LogP) is 7.17. The van der Waals surface area contributed by atoms with Crippen molar-refractivity contribution >= 4 is 58.1 Å². The first kappa shape index (κ1) is 22.9. The number of anilines is 3. The van der Waals surface area contributed by atoms with Gasteiger partial charge in [-0.25, -0.2) is 18.6 Å². The summed E-state index contributed by atoms with van der Waals surface area (Å²) in [6, 6.07) is 10.6. The molecule has 6 rings (SSSR count). The molecule has 10 heteroatoms. The van der Waals surface area contributed by atoms with E-state index in [0.29, 0.717) is 44.1 Å². The number of rotatable bonds is 4. The molecule has 2 fully saturated rings. The molecule has 1 N–H and O–H groups in total. The van der Waals surface area contributed by atoms with Crippen LogP contribution in [0.4, 0.5) is 30.6 Å². The van der Waals surface area contributed by atoms with Crippen LogP contribution < -0.4 is 15.1 Å². The topological polar surface area (TPSA) is 48.5 Å². The minimum absolute atomic E-state index is 0.207. The maximum absolute atomic E-state index is 14.6. The van der Waals surface area contributed by atoms with Gasteiger partial charge < -0.3 is 10.2 Å². The Morgan fingerprint density at radius 3 is 2.54 bits per heavy atom. The number of nitrogens with one attached hydrogen (secondary N) is 1. The molecule has 3 aromatic rings. The molecule has 2 amide bonds. The molecule has 5 nitrogen and oxygen atoms in total. The molecule has 2 aromatic carbocycles. The minimum atomic E-state index is -0.638. The van der Waals surface area contributed by atoms with Crippen molar-refractivity contribution in [3.8, 4) is 0 Å². The van der Waals surface area contributed by atoms with Gasteiger partial charge in [-0.15, -0.1) is 0 Å². The van der Waals surface area contributed by atoms with Crippen molar-refractivity contribution < 1.29 is 13.6 Å². The van der Waals surface area contributed by atoms with E-state index < -0.39 is 11.6 Å². The van der Waals surface area contributed by atoms with Crippen LogP contribution in [0.25, 0.3) is 0 Å². The highest BCUT2D eigenvalue weighted by Gasteiger charge is 2.40. The smallest absolute Gasteiger partial charge is 0.326 e. The number of amides is 2. The van der Waals surface area contributed by atoms with Gasteiger partial charge in [0.15, 0.2) is 0 Å². The summed E-state index contributed by atoms with van der Waals surface area (Å²) in [5.41, 5.74) is 2.41. The zero-order valence-corrected chi connectivity index (χ0v) is 20.7. The fourth-order valence-corrected chi connectivity index (χ4v) is 6.77. The average Bonchev–Trinajstić information content (AvgIpc) is 3.46. The van der Waals surface area contributed by atoms with E-state index >= 15 is 0 Å². The van der Waals surface area contributed by atoms with Gasteiger partial charge in [0.2, 0.25) is 0 Å². The Labute approximate surface area is 215 Å². The third-order valence-electron chi connectivity index (χ3n) is 6.86. The number of benzene rings is 2. The van der Waals surface area contributed by atoms with Gasteiger partial charge in [0.25, 0.3) is 0 Å². The number of hydrogen-bond acceptors (Lipinski definition) is 4. The lowest BCUT2D eigenvalue weighted by atomic mass is 10.1. The molecule has 1 saturated heterocycles. The van der Waals surface area contributed by atoms with Crippen LogP contribution in [0, 0.1) is 17.6 Å². The summed E-state index contributed by atoms with van der Waals surface area (Å²) in [5, 5.41) is 4.13. The van der Waals surface area contributed by atoms with Crippen LogP contribution >= 0.6 is 35.0 Å². The van der Waals surface area contributed by atoms with Gasteiger partial charge >= 0.3 is 6.03 Å². The van der Waals surface area contributed by atoms with Crippen molar-refractivity contribution in [1.82, 2.24) is 10.3 Å². The number of aromatic nitrogens is 1. The number of piperidine rings is 1. The van der Waals surface area contributed by atoms with Crippen molar-refractivity contribution in [3.63, 3.8) is 0 Å². The van der Waals surface area contributed by atoms with E-state index in [-0.39, 0.29) is 17.5 Å². The Kier molecular flexibility index (Phi) is 5.78. The van der Waals surface area contributed by atoms with Crippen molar-refractivity contribution in [3.05, 3.63) is 69.8 Å². The highest BCUT2D eigenvalue weighted by atomic mass is 35.5. The van der Waals surface area contributed by atoms with E-state index in [1.807, 2.05) is 6.07 Å². The molecule has 2 atom stereocenters. The minimum Gasteiger partial charge on any atom is -0.366 e. The molecular formula is C25H20Cl2F2N4OS. The highest BCUT2D eigenvalue weighted by Crippen LogP contribution is 2.48. The fraction of sp³-hybridized carbons (Fsp3) is 0.280. The second-order valence-corrected chi connectivity index (χ2v) is 10.8. The number of carbonyl (C=O) groups excluding carboxylic acids is 1. The Hall–Kier alpha value is -2.55. The largest absolute Gasteiger partial charge is 0.366 e. The summed E-state index contributed by atoms with van der Waals surface area (Å²) >= 11 is 14.1. The monoisotopic (exact) mass is 532 g/mol. The lowest BCUT2D eigenvalue weighted by Gasteiger charge is -2.35. The Morgan fingerprint density at radius 2 is 1.86 bits per heavy atom. The van der Waals surface area contributed by atoms with Crippen LogP contribution in [0.2, 0.25) is 10.0 Å². The summed E-state index contributed by atoms with van der Waals surface area (Å²) in [6.07, 6.45) is 3.38.